The molecule has 0 bridgehead atoms. The minimum atomic E-state index is -0.289. The van der Waals surface area contributed by atoms with Crippen molar-refractivity contribution >= 4 is 16.7 Å². The van der Waals surface area contributed by atoms with Gasteiger partial charge in [-0.15, -0.1) is 0 Å². The van der Waals surface area contributed by atoms with E-state index in [-0.39, 0.29) is 17.2 Å². The second kappa shape index (κ2) is 8.43. The first-order valence-electron chi connectivity index (χ1n) is 7.96. The summed E-state index contributed by atoms with van der Waals surface area (Å²) in [4.78, 5) is 24.9. The van der Waals surface area contributed by atoms with E-state index in [9.17, 15) is 9.59 Å². The summed E-state index contributed by atoms with van der Waals surface area (Å²) in [6.07, 6.45) is 2.95. The van der Waals surface area contributed by atoms with Gasteiger partial charge in [0.2, 0.25) is 0 Å². The van der Waals surface area contributed by atoms with Gasteiger partial charge in [0.15, 0.2) is 5.69 Å². The van der Waals surface area contributed by atoms with Gasteiger partial charge in [-0.25, -0.2) is 4.68 Å². The van der Waals surface area contributed by atoms with Gasteiger partial charge in [0, 0.05) is 25.6 Å². The van der Waals surface area contributed by atoms with E-state index in [0.29, 0.717) is 30.5 Å². The Morgan fingerprint density at radius 1 is 1.26 bits per heavy atom. The summed E-state index contributed by atoms with van der Waals surface area (Å²) >= 11 is 0. The number of ether oxygens (including phenoxy) is 1. The molecule has 0 saturated heterocycles. The number of unbranched alkanes of at least 4 members (excludes halogenated alkanes) is 2. The lowest BCUT2D eigenvalue weighted by Crippen LogP contribution is -2.32. The molecule has 23 heavy (non-hydrogen) atoms. The molecule has 0 aliphatic rings. The van der Waals surface area contributed by atoms with Crippen LogP contribution >= 0.6 is 0 Å². The number of hydrogen-bond donors (Lipinski definition) is 1. The molecule has 1 N–H and O–H groups in total. The second-order valence-corrected chi connectivity index (χ2v) is 5.38. The number of benzene rings is 1. The van der Waals surface area contributed by atoms with Gasteiger partial charge >= 0.3 is 0 Å². The zero-order valence-electron chi connectivity index (χ0n) is 13.7. The molecule has 0 spiro atoms. The maximum absolute atomic E-state index is 12.5. The zero-order valence-corrected chi connectivity index (χ0v) is 13.7. The van der Waals surface area contributed by atoms with Crippen LogP contribution in [0.5, 0.6) is 0 Å². The van der Waals surface area contributed by atoms with Gasteiger partial charge in [0.05, 0.1) is 12.0 Å². The molecular weight excluding hydrogens is 294 g/mol. The summed E-state index contributed by atoms with van der Waals surface area (Å²) in [5, 5.41) is 8.17. The SMILES string of the molecule is CCCCCn1nc(C(=O)NCCOC)c2ccccc2c1=O. The molecule has 0 unspecified atom stereocenters. The number of carbonyl (C=O) groups excluding carboxylic acids is 1. The lowest BCUT2D eigenvalue weighted by atomic mass is 10.1. The number of nitrogens with zero attached hydrogens (tertiary/aromatic N) is 2. The second-order valence-electron chi connectivity index (χ2n) is 5.38. The predicted octanol–water partition coefficient (Wildman–Crippen LogP) is 1.96. The van der Waals surface area contributed by atoms with Gasteiger partial charge in [0.25, 0.3) is 11.5 Å². The average Bonchev–Trinajstić information content (AvgIpc) is 2.57. The number of amides is 1. The molecule has 1 aromatic heterocycles. The highest BCUT2D eigenvalue weighted by atomic mass is 16.5. The van der Waals surface area contributed by atoms with Gasteiger partial charge in [-0.3, -0.25) is 9.59 Å². The van der Waals surface area contributed by atoms with Crippen molar-refractivity contribution in [2.24, 2.45) is 0 Å². The smallest absolute Gasteiger partial charge is 0.274 e. The average molecular weight is 317 g/mol. The summed E-state index contributed by atoms with van der Waals surface area (Å²) < 4.78 is 6.34. The standard InChI is InChI=1S/C17H23N3O3/c1-3-4-7-11-20-17(22)14-9-6-5-8-13(14)15(19-20)16(21)18-10-12-23-2/h5-6,8-9H,3-4,7,10-12H2,1-2H3,(H,18,21). The summed E-state index contributed by atoms with van der Waals surface area (Å²) in [5.41, 5.74) is 0.137. The molecular formula is C17H23N3O3. The Balaban J connectivity index is 2.39. The van der Waals surface area contributed by atoms with Crippen LogP contribution in [0.25, 0.3) is 10.8 Å². The molecule has 2 aromatic rings. The number of nitrogens with one attached hydrogen (secondary N) is 1. The molecule has 124 valence electrons. The van der Waals surface area contributed by atoms with Crippen molar-refractivity contribution in [2.75, 3.05) is 20.3 Å². The Kier molecular flexibility index (Phi) is 6.29. The fraction of sp³-hybridized carbons (Fsp3) is 0.471. The predicted molar refractivity (Wildman–Crippen MR) is 89.7 cm³/mol. The van der Waals surface area contributed by atoms with Crippen LogP contribution in [0.4, 0.5) is 0 Å². The molecule has 1 amide bonds. The lowest BCUT2D eigenvalue weighted by Gasteiger charge is -2.11. The van der Waals surface area contributed by atoms with Gasteiger partial charge in [-0.1, -0.05) is 38.0 Å². The van der Waals surface area contributed by atoms with Crippen molar-refractivity contribution in [3.05, 3.63) is 40.3 Å². The van der Waals surface area contributed by atoms with Crippen LogP contribution in [0.3, 0.4) is 0 Å². The Bertz CT molecular complexity index is 725. The van der Waals surface area contributed by atoms with E-state index in [4.69, 9.17) is 4.74 Å². The topological polar surface area (TPSA) is 73.2 Å². The Labute approximate surface area is 135 Å². The number of hydrogen-bond acceptors (Lipinski definition) is 4. The van der Waals surface area contributed by atoms with E-state index in [2.05, 4.69) is 17.3 Å². The fourth-order valence-electron chi connectivity index (χ4n) is 2.42. The van der Waals surface area contributed by atoms with E-state index in [1.54, 1.807) is 31.4 Å². The van der Waals surface area contributed by atoms with E-state index in [1.807, 2.05) is 0 Å². The van der Waals surface area contributed by atoms with Crippen molar-refractivity contribution in [1.29, 1.82) is 0 Å². The fourth-order valence-corrected chi connectivity index (χ4v) is 2.42. The van der Waals surface area contributed by atoms with Crippen molar-refractivity contribution in [3.63, 3.8) is 0 Å². The van der Waals surface area contributed by atoms with Crippen LogP contribution in [-0.4, -0.2) is 35.9 Å². The van der Waals surface area contributed by atoms with Crippen LogP contribution in [-0.2, 0) is 11.3 Å². The Hall–Kier alpha value is -2.21. The van der Waals surface area contributed by atoms with E-state index in [0.717, 1.165) is 19.3 Å². The first-order valence-corrected chi connectivity index (χ1v) is 7.96. The molecule has 0 aliphatic carbocycles. The Morgan fingerprint density at radius 2 is 2.00 bits per heavy atom. The third kappa shape index (κ3) is 4.16. The minimum absolute atomic E-state index is 0.148. The molecule has 2 rings (SSSR count). The molecule has 0 fully saturated rings. The maximum atomic E-state index is 12.5. The van der Waals surface area contributed by atoms with Crippen molar-refractivity contribution < 1.29 is 9.53 Å². The monoisotopic (exact) mass is 317 g/mol. The van der Waals surface area contributed by atoms with Crippen molar-refractivity contribution in [3.8, 4) is 0 Å². The van der Waals surface area contributed by atoms with Gasteiger partial charge in [-0.2, -0.15) is 5.10 Å². The number of aromatic nitrogens is 2. The summed E-state index contributed by atoms with van der Waals surface area (Å²) in [6, 6.07) is 7.09. The van der Waals surface area contributed by atoms with Gasteiger partial charge in [0.1, 0.15) is 0 Å². The molecule has 1 heterocycles. The number of aryl methyl sites for hydroxylation is 1. The van der Waals surface area contributed by atoms with E-state index in [1.165, 1.54) is 4.68 Å². The molecule has 1 aromatic carbocycles. The molecule has 0 atom stereocenters. The van der Waals surface area contributed by atoms with E-state index < -0.39 is 0 Å². The van der Waals surface area contributed by atoms with Crippen molar-refractivity contribution in [2.45, 2.75) is 32.7 Å². The molecule has 0 aliphatic heterocycles. The summed E-state index contributed by atoms with van der Waals surface area (Å²) in [7, 11) is 1.58. The number of carbonyl (C=O) groups is 1. The largest absolute Gasteiger partial charge is 0.383 e. The van der Waals surface area contributed by atoms with Gasteiger partial charge < -0.3 is 10.1 Å². The Morgan fingerprint density at radius 3 is 2.70 bits per heavy atom. The molecule has 0 saturated carbocycles. The summed E-state index contributed by atoms with van der Waals surface area (Å²) in [5.74, 6) is -0.289. The first kappa shape index (κ1) is 17.1. The zero-order chi connectivity index (χ0) is 16.7. The maximum Gasteiger partial charge on any atom is 0.274 e. The summed E-state index contributed by atoms with van der Waals surface area (Å²) in [6.45, 7) is 3.46. The number of methoxy groups -OCH3 is 1. The number of rotatable bonds is 8. The van der Waals surface area contributed by atoms with Crippen LogP contribution < -0.4 is 10.9 Å². The highest BCUT2D eigenvalue weighted by molar-refractivity contribution is 6.04. The third-order valence-electron chi connectivity index (χ3n) is 3.65. The van der Waals surface area contributed by atoms with Crippen molar-refractivity contribution in [1.82, 2.24) is 15.1 Å². The molecule has 6 nitrogen and oxygen atoms in total. The quantitative estimate of drug-likeness (QED) is 0.755. The normalized spacial score (nSPS) is 10.9. The molecule has 6 heteroatoms. The number of fused-ring (bicyclic) bond motifs is 1. The lowest BCUT2D eigenvalue weighted by molar-refractivity contribution is 0.0931. The molecule has 0 radical (unpaired) electrons. The van der Waals surface area contributed by atoms with Gasteiger partial charge in [-0.05, 0) is 12.5 Å². The first-order chi connectivity index (χ1) is 11.2. The van der Waals surface area contributed by atoms with Crippen LogP contribution in [0.1, 0.15) is 36.7 Å². The van der Waals surface area contributed by atoms with Crippen LogP contribution in [0.15, 0.2) is 29.1 Å². The highest BCUT2D eigenvalue weighted by Crippen LogP contribution is 2.13. The van der Waals surface area contributed by atoms with E-state index >= 15 is 0 Å². The highest BCUT2D eigenvalue weighted by Gasteiger charge is 2.16. The van der Waals surface area contributed by atoms with Crippen LogP contribution in [0.2, 0.25) is 0 Å². The third-order valence-corrected chi connectivity index (χ3v) is 3.65. The van der Waals surface area contributed by atoms with Crippen LogP contribution in [0, 0.1) is 0 Å². The minimum Gasteiger partial charge on any atom is -0.383 e.